The maximum atomic E-state index is 5.81. The second-order valence-electron chi connectivity index (χ2n) is 3.95. The Morgan fingerprint density at radius 3 is 2.58 bits per heavy atom. The van der Waals surface area contributed by atoms with Crippen LogP contribution in [-0.4, -0.2) is 18.4 Å². The minimum absolute atomic E-state index is 0.00752. The van der Waals surface area contributed by atoms with Gasteiger partial charge in [-0.15, -0.1) is 0 Å². The summed E-state index contributed by atoms with van der Waals surface area (Å²) in [6, 6.07) is 0.517. The molecule has 0 saturated carbocycles. The Balaban J connectivity index is 2.48. The maximum Gasteiger partial charge on any atom is 0.119 e. The first-order valence-corrected chi connectivity index (χ1v) is 5.10. The topological polar surface area (TPSA) is 21.3 Å². The van der Waals surface area contributed by atoms with Crippen molar-refractivity contribution in [3.63, 3.8) is 0 Å². The van der Waals surface area contributed by atoms with Crippen molar-refractivity contribution in [1.29, 1.82) is 0 Å². The van der Waals surface area contributed by atoms with Gasteiger partial charge >= 0.3 is 0 Å². The molecule has 2 nitrogen and oxygen atoms in total. The molecule has 12 heavy (non-hydrogen) atoms. The zero-order valence-corrected chi connectivity index (χ0v) is 8.52. The first-order valence-electron chi connectivity index (χ1n) is 5.10. The predicted molar refractivity (Wildman–Crippen MR) is 51.1 cm³/mol. The SMILES string of the molecule is CCC1(NC(C)C)CCCCO1. The highest BCUT2D eigenvalue weighted by atomic mass is 16.5. The Morgan fingerprint density at radius 1 is 1.42 bits per heavy atom. The van der Waals surface area contributed by atoms with Gasteiger partial charge in [0.25, 0.3) is 0 Å². The molecule has 0 aromatic heterocycles. The maximum absolute atomic E-state index is 5.81. The first-order chi connectivity index (χ1) is 5.68. The molecule has 72 valence electrons. The van der Waals surface area contributed by atoms with Crippen LogP contribution >= 0.6 is 0 Å². The summed E-state index contributed by atoms with van der Waals surface area (Å²) in [7, 11) is 0. The highest BCUT2D eigenvalue weighted by Gasteiger charge is 2.31. The van der Waals surface area contributed by atoms with E-state index in [-0.39, 0.29) is 5.72 Å². The molecule has 1 fully saturated rings. The fourth-order valence-corrected chi connectivity index (χ4v) is 1.87. The van der Waals surface area contributed by atoms with Crippen molar-refractivity contribution in [3.8, 4) is 0 Å². The van der Waals surface area contributed by atoms with Crippen molar-refractivity contribution in [2.24, 2.45) is 0 Å². The number of hydrogen-bond donors (Lipinski definition) is 1. The molecule has 1 heterocycles. The Bertz CT molecular complexity index is 128. The zero-order chi connectivity index (χ0) is 9.03. The van der Waals surface area contributed by atoms with E-state index < -0.39 is 0 Å². The van der Waals surface area contributed by atoms with Crippen LogP contribution in [0.15, 0.2) is 0 Å². The predicted octanol–water partition coefficient (Wildman–Crippen LogP) is 2.29. The molecule has 0 aromatic carbocycles. The Labute approximate surface area is 75.7 Å². The van der Waals surface area contributed by atoms with Gasteiger partial charge in [-0.3, -0.25) is 5.32 Å². The standard InChI is InChI=1S/C10H21NO/c1-4-10(11-9(2)3)7-5-6-8-12-10/h9,11H,4-8H2,1-3H3. The van der Waals surface area contributed by atoms with Crippen LogP contribution < -0.4 is 5.32 Å². The van der Waals surface area contributed by atoms with Crippen molar-refractivity contribution in [2.75, 3.05) is 6.61 Å². The van der Waals surface area contributed by atoms with Gasteiger partial charge in [0.2, 0.25) is 0 Å². The summed E-state index contributed by atoms with van der Waals surface area (Å²) in [4.78, 5) is 0. The Hall–Kier alpha value is -0.0800. The molecule has 0 aromatic rings. The number of hydrogen-bond acceptors (Lipinski definition) is 2. The minimum Gasteiger partial charge on any atom is -0.361 e. The lowest BCUT2D eigenvalue weighted by atomic mass is 9.99. The monoisotopic (exact) mass is 171 g/mol. The third kappa shape index (κ3) is 2.46. The molecule has 0 radical (unpaired) electrons. The molecular weight excluding hydrogens is 150 g/mol. The van der Waals surface area contributed by atoms with Crippen LogP contribution in [0.2, 0.25) is 0 Å². The van der Waals surface area contributed by atoms with E-state index in [0.717, 1.165) is 13.0 Å². The lowest BCUT2D eigenvalue weighted by Crippen LogP contribution is -2.52. The minimum atomic E-state index is -0.00752. The van der Waals surface area contributed by atoms with E-state index in [9.17, 15) is 0 Å². The van der Waals surface area contributed by atoms with E-state index in [2.05, 4.69) is 26.1 Å². The van der Waals surface area contributed by atoms with Crippen molar-refractivity contribution in [3.05, 3.63) is 0 Å². The van der Waals surface area contributed by atoms with E-state index in [1.165, 1.54) is 19.3 Å². The number of rotatable bonds is 3. The molecule has 1 aliphatic rings. The largest absolute Gasteiger partial charge is 0.361 e. The Morgan fingerprint density at radius 2 is 2.17 bits per heavy atom. The van der Waals surface area contributed by atoms with Crippen LogP contribution in [0.5, 0.6) is 0 Å². The third-order valence-corrected chi connectivity index (χ3v) is 2.48. The highest BCUT2D eigenvalue weighted by molar-refractivity contribution is 4.81. The second-order valence-corrected chi connectivity index (χ2v) is 3.95. The van der Waals surface area contributed by atoms with Crippen molar-refractivity contribution in [1.82, 2.24) is 5.32 Å². The fourth-order valence-electron chi connectivity index (χ4n) is 1.87. The second kappa shape index (κ2) is 4.24. The van der Waals surface area contributed by atoms with E-state index >= 15 is 0 Å². The summed E-state index contributed by atoms with van der Waals surface area (Å²) in [6.07, 6.45) is 4.77. The molecule has 1 unspecified atom stereocenters. The van der Waals surface area contributed by atoms with Crippen LogP contribution in [0.25, 0.3) is 0 Å². The lowest BCUT2D eigenvalue weighted by molar-refractivity contribution is -0.108. The zero-order valence-electron chi connectivity index (χ0n) is 8.52. The van der Waals surface area contributed by atoms with E-state index in [0.29, 0.717) is 6.04 Å². The van der Waals surface area contributed by atoms with Gasteiger partial charge in [0.1, 0.15) is 5.72 Å². The molecule has 0 aliphatic carbocycles. The molecule has 0 amide bonds. The van der Waals surface area contributed by atoms with Crippen LogP contribution in [0.1, 0.15) is 46.5 Å². The molecule has 1 N–H and O–H groups in total. The number of nitrogens with one attached hydrogen (secondary N) is 1. The lowest BCUT2D eigenvalue weighted by Gasteiger charge is -2.39. The van der Waals surface area contributed by atoms with E-state index in [1.807, 2.05) is 0 Å². The van der Waals surface area contributed by atoms with Gasteiger partial charge in [0, 0.05) is 12.6 Å². The van der Waals surface area contributed by atoms with Crippen molar-refractivity contribution >= 4 is 0 Å². The molecular formula is C10H21NO. The van der Waals surface area contributed by atoms with Gasteiger partial charge in [0.05, 0.1) is 0 Å². The molecule has 0 spiro atoms. The normalized spacial score (nSPS) is 31.0. The Kier molecular flexibility index (Phi) is 3.53. The van der Waals surface area contributed by atoms with Crippen molar-refractivity contribution < 1.29 is 4.74 Å². The van der Waals surface area contributed by atoms with Crippen LogP contribution in [0.3, 0.4) is 0 Å². The van der Waals surface area contributed by atoms with Gasteiger partial charge in [-0.2, -0.15) is 0 Å². The number of ether oxygens (including phenoxy) is 1. The van der Waals surface area contributed by atoms with E-state index in [4.69, 9.17) is 4.74 Å². The highest BCUT2D eigenvalue weighted by Crippen LogP contribution is 2.25. The molecule has 1 aliphatic heterocycles. The molecule has 1 rings (SSSR count). The summed E-state index contributed by atoms with van der Waals surface area (Å²) >= 11 is 0. The van der Waals surface area contributed by atoms with Gasteiger partial charge in [-0.05, 0) is 39.5 Å². The summed E-state index contributed by atoms with van der Waals surface area (Å²) in [5.41, 5.74) is -0.00752. The van der Waals surface area contributed by atoms with Crippen molar-refractivity contribution in [2.45, 2.75) is 58.2 Å². The molecule has 1 saturated heterocycles. The summed E-state index contributed by atoms with van der Waals surface area (Å²) in [5, 5.41) is 3.52. The van der Waals surface area contributed by atoms with Gasteiger partial charge in [-0.1, -0.05) is 6.92 Å². The summed E-state index contributed by atoms with van der Waals surface area (Å²) in [5.74, 6) is 0. The molecule has 2 heteroatoms. The van der Waals surface area contributed by atoms with Gasteiger partial charge < -0.3 is 4.74 Å². The van der Waals surface area contributed by atoms with Gasteiger partial charge in [0.15, 0.2) is 0 Å². The smallest absolute Gasteiger partial charge is 0.119 e. The van der Waals surface area contributed by atoms with Gasteiger partial charge in [-0.25, -0.2) is 0 Å². The third-order valence-electron chi connectivity index (χ3n) is 2.48. The average Bonchev–Trinajstić information content (AvgIpc) is 2.05. The first kappa shape index (κ1) is 10.0. The quantitative estimate of drug-likeness (QED) is 0.703. The molecule has 1 atom stereocenters. The average molecular weight is 171 g/mol. The van der Waals surface area contributed by atoms with Crippen LogP contribution in [-0.2, 0) is 4.74 Å². The fraction of sp³-hybridized carbons (Fsp3) is 1.00. The molecule has 0 bridgehead atoms. The van der Waals surface area contributed by atoms with E-state index in [1.54, 1.807) is 0 Å². The van der Waals surface area contributed by atoms with Crippen LogP contribution in [0.4, 0.5) is 0 Å². The summed E-state index contributed by atoms with van der Waals surface area (Å²) in [6.45, 7) is 7.47. The summed E-state index contributed by atoms with van der Waals surface area (Å²) < 4.78 is 5.81. The van der Waals surface area contributed by atoms with Crippen LogP contribution in [0, 0.1) is 0 Å².